The largest absolute Gasteiger partial charge is 0.449 e. The van der Waals surface area contributed by atoms with E-state index >= 15 is 0 Å². The summed E-state index contributed by atoms with van der Waals surface area (Å²) in [6.07, 6.45) is 6.35. The second-order valence-corrected chi connectivity index (χ2v) is 7.97. The first-order valence-electron chi connectivity index (χ1n) is 11.3. The molecule has 1 N–H and O–H groups in total. The lowest BCUT2D eigenvalue weighted by molar-refractivity contribution is -0.0772. The van der Waals surface area contributed by atoms with Crippen molar-refractivity contribution in [1.82, 2.24) is 20.2 Å². The number of pyridine rings is 1. The van der Waals surface area contributed by atoms with Gasteiger partial charge in [0.05, 0.1) is 37.9 Å². The van der Waals surface area contributed by atoms with Gasteiger partial charge in [0.1, 0.15) is 5.69 Å². The van der Waals surface area contributed by atoms with Crippen molar-refractivity contribution in [2.24, 2.45) is 0 Å². The number of amides is 2. The zero-order chi connectivity index (χ0) is 24.2. The van der Waals surface area contributed by atoms with Crippen LogP contribution in [-0.2, 0) is 14.3 Å². The quantitative estimate of drug-likeness (QED) is 0.517. The second-order valence-electron chi connectivity index (χ2n) is 7.97. The number of nitrogens with one attached hydrogen (secondary N) is 1. The number of carbonyl (C=O) groups excluding carboxylic acids is 2. The van der Waals surface area contributed by atoms with E-state index in [9.17, 15) is 9.59 Å². The first kappa shape index (κ1) is 23.7. The minimum absolute atomic E-state index is 0.00204. The summed E-state index contributed by atoms with van der Waals surface area (Å²) in [5, 5.41) is 8.36. The van der Waals surface area contributed by atoms with Gasteiger partial charge in [0.15, 0.2) is 5.58 Å². The van der Waals surface area contributed by atoms with Crippen molar-refractivity contribution in [2.75, 3.05) is 32.3 Å². The maximum absolute atomic E-state index is 13.3. The number of hydroxylamine groups is 2. The minimum atomic E-state index is -0.553. The van der Waals surface area contributed by atoms with Crippen LogP contribution in [-0.4, -0.2) is 71.8 Å². The smallest absolute Gasteiger partial charge is 0.414 e. The van der Waals surface area contributed by atoms with Crippen molar-refractivity contribution in [2.45, 2.75) is 45.3 Å². The van der Waals surface area contributed by atoms with Crippen molar-refractivity contribution in [3.05, 3.63) is 30.4 Å². The van der Waals surface area contributed by atoms with Gasteiger partial charge in [0.2, 0.25) is 5.76 Å². The highest BCUT2D eigenvalue weighted by Gasteiger charge is 2.38. The Hall–Kier alpha value is -3.44. The molecule has 0 aliphatic carbocycles. The second kappa shape index (κ2) is 10.2. The van der Waals surface area contributed by atoms with Crippen molar-refractivity contribution < 1.29 is 28.3 Å². The molecule has 34 heavy (non-hydrogen) atoms. The van der Waals surface area contributed by atoms with Crippen molar-refractivity contribution in [3.8, 4) is 11.3 Å². The van der Waals surface area contributed by atoms with Crippen LogP contribution in [0.3, 0.4) is 0 Å². The molecular weight excluding hydrogens is 442 g/mol. The van der Waals surface area contributed by atoms with Gasteiger partial charge >= 0.3 is 12.0 Å². The third-order valence-corrected chi connectivity index (χ3v) is 5.96. The number of furan rings is 1. The Labute approximate surface area is 196 Å². The summed E-state index contributed by atoms with van der Waals surface area (Å²) in [6.45, 7) is 4.47. The Kier molecular flexibility index (Phi) is 7.13. The molecule has 1 aliphatic rings. The number of carbonyl (C=O) groups is 2. The molecule has 0 bridgehead atoms. The Bertz CT molecular complexity index is 1140. The zero-order valence-corrected chi connectivity index (χ0v) is 19.7. The molecule has 1 fully saturated rings. The Morgan fingerprint density at radius 3 is 2.79 bits per heavy atom. The van der Waals surface area contributed by atoms with Crippen LogP contribution < -0.4 is 4.90 Å². The van der Waals surface area contributed by atoms with Crippen molar-refractivity contribution in [3.63, 3.8) is 0 Å². The highest BCUT2D eigenvalue weighted by atomic mass is 16.7. The third-order valence-electron chi connectivity index (χ3n) is 5.96. The van der Waals surface area contributed by atoms with Gasteiger partial charge in [-0.1, -0.05) is 6.92 Å². The van der Waals surface area contributed by atoms with E-state index in [1.165, 1.54) is 25.3 Å². The first-order chi connectivity index (χ1) is 16.5. The van der Waals surface area contributed by atoms with E-state index in [2.05, 4.69) is 15.2 Å². The van der Waals surface area contributed by atoms with Crippen LogP contribution in [0.1, 0.15) is 43.7 Å². The Balaban J connectivity index is 1.92. The predicted octanol–water partition coefficient (Wildman–Crippen LogP) is 3.77. The molecule has 3 aromatic heterocycles. The maximum atomic E-state index is 13.3. The van der Waals surface area contributed by atoms with Crippen LogP contribution in [0.25, 0.3) is 22.2 Å². The van der Waals surface area contributed by atoms with Gasteiger partial charge < -0.3 is 13.9 Å². The molecule has 2 amide bonds. The van der Waals surface area contributed by atoms with E-state index in [0.717, 1.165) is 17.0 Å². The number of ether oxygens (including phenoxy) is 2. The number of aromatic nitrogens is 3. The summed E-state index contributed by atoms with van der Waals surface area (Å²) in [5.74, 6) is -0.565. The third kappa shape index (κ3) is 4.48. The molecule has 3 aromatic rings. The maximum Gasteiger partial charge on any atom is 0.414 e. The van der Waals surface area contributed by atoms with Gasteiger partial charge in [0.25, 0.3) is 0 Å². The fourth-order valence-electron chi connectivity index (χ4n) is 4.14. The molecule has 1 saturated heterocycles. The molecule has 0 saturated carbocycles. The average molecular weight is 472 g/mol. The topological polar surface area (TPSA) is 123 Å². The van der Waals surface area contributed by atoms with E-state index in [4.69, 9.17) is 18.7 Å². The van der Waals surface area contributed by atoms with Crippen molar-refractivity contribution in [1.29, 1.82) is 0 Å². The van der Waals surface area contributed by atoms with Crippen LogP contribution in [0.2, 0.25) is 0 Å². The van der Waals surface area contributed by atoms with E-state index in [1.807, 2.05) is 6.92 Å². The zero-order valence-electron chi connectivity index (χ0n) is 19.7. The summed E-state index contributed by atoms with van der Waals surface area (Å²) in [4.78, 5) is 37.7. The lowest BCUT2D eigenvalue weighted by Gasteiger charge is -2.36. The number of fused-ring (bicyclic) bond motifs is 1. The fourth-order valence-corrected chi connectivity index (χ4v) is 4.14. The number of aromatic amines is 1. The van der Waals surface area contributed by atoms with Gasteiger partial charge in [-0.2, -0.15) is 5.10 Å². The van der Waals surface area contributed by atoms with Gasteiger partial charge in [-0.3, -0.25) is 24.6 Å². The summed E-state index contributed by atoms with van der Waals surface area (Å²) in [7, 11) is 2.86. The van der Waals surface area contributed by atoms with Gasteiger partial charge in [-0.25, -0.2) is 9.86 Å². The highest BCUT2D eigenvalue weighted by molar-refractivity contribution is 6.11. The standard InChI is InChI=1S/C23H29N5O6/c1-5-16-9-15(7-8-33-16)28(23(30)32-6-2)20-17-10-18(14-11-25-26-12-14)24-13-19(17)34-21(20)22(29)27(3)31-4/h10-13,15-16H,5-9H2,1-4H3,(H,25,26). The molecule has 0 radical (unpaired) electrons. The summed E-state index contributed by atoms with van der Waals surface area (Å²) in [5.41, 5.74) is 2.07. The van der Waals surface area contributed by atoms with Crippen molar-refractivity contribution >= 4 is 28.7 Å². The summed E-state index contributed by atoms with van der Waals surface area (Å²) >= 11 is 0. The molecular formula is C23H29N5O6. The molecule has 11 heteroatoms. The van der Waals surface area contributed by atoms with E-state index in [0.29, 0.717) is 41.8 Å². The average Bonchev–Trinajstić information content (AvgIpc) is 3.52. The number of hydrogen-bond acceptors (Lipinski definition) is 8. The molecule has 2 unspecified atom stereocenters. The van der Waals surface area contributed by atoms with Crippen LogP contribution in [0.5, 0.6) is 0 Å². The lowest BCUT2D eigenvalue weighted by atomic mass is 9.99. The van der Waals surface area contributed by atoms with Gasteiger partial charge in [-0.05, 0) is 32.3 Å². The predicted molar refractivity (Wildman–Crippen MR) is 123 cm³/mol. The molecule has 4 heterocycles. The molecule has 0 spiro atoms. The number of anilines is 1. The molecule has 0 aromatic carbocycles. The number of H-pyrrole nitrogens is 1. The number of hydrogen-bond donors (Lipinski definition) is 1. The number of rotatable bonds is 7. The Morgan fingerprint density at radius 2 is 2.12 bits per heavy atom. The summed E-state index contributed by atoms with van der Waals surface area (Å²) in [6, 6.07) is 1.54. The van der Waals surface area contributed by atoms with Crippen LogP contribution in [0.4, 0.5) is 10.5 Å². The Morgan fingerprint density at radius 1 is 1.29 bits per heavy atom. The van der Waals surface area contributed by atoms with Gasteiger partial charge in [0, 0.05) is 36.8 Å². The van der Waals surface area contributed by atoms with E-state index < -0.39 is 12.0 Å². The molecule has 2 atom stereocenters. The van der Waals surface area contributed by atoms with Gasteiger partial charge in [-0.15, -0.1) is 0 Å². The minimum Gasteiger partial charge on any atom is -0.449 e. The molecule has 1 aliphatic heterocycles. The lowest BCUT2D eigenvalue weighted by Crippen LogP contribution is -2.46. The summed E-state index contributed by atoms with van der Waals surface area (Å²) < 4.78 is 17.2. The van der Waals surface area contributed by atoms with Crippen LogP contribution in [0.15, 0.2) is 29.1 Å². The van der Waals surface area contributed by atoms with Crippen LogP contribution in [0, 0.1) is 0 Å². The monoisotopic (exact) mass is 471 g/mol. The van der Waals surface area contributed by atoms with E-state index in [1.54, 1.807) is 25.4 Å². The fraction of sp³-hybridized carbons (Fsp3) is 0.478. The first-order valence-corrected chi connectivity index (χ1v) is 11.3. The SMILES string of the molecule is CCOC(=O)N(c1c(C(=O)N(C)OC)oc2cnc(-c3cn[nH]c3)cc12)C1CCOC(CC)C1. The molecule has 11 nitrogen and oxygen atoms in total. The molecule has 4 rings (SSSR count). The number of nitrogens with zero attached hydrogens (tertiary/aromatic N) is 4. The molecule has 182 valence electrons. The normalized spacial score (nSPS) is 18.1. The highest BCUT2D eigenvalue weighted by Crippen LogP contribution is 2.39. The van der Waals surface area contributed by atoms with Crippen LogP contribution >= 0.6 is 0 Å². The van der Waals surface area contributed by atoms with E-state index in [-0.39, 0.29) is 24.5 Å².